The third-order valence-electron chi connectivity index (χ3n) is 2.53. The molecule has 0 saturated heterocycles. The van der Waals surface area contributed by atoms with Gasteiger partial charge in [-0.1, -0.05) is 11.6 Å². The first-order chi connectivity index (χ1) is 6.47. The van der Waals surface area contributed by atoms with Gasteiger partial charge < -0.3 is 5.73 Å². The molecule has 0 amide bonds. The number of rotatable bonds is 2. The molecule has 0 aromatic heterocycles. The molecule has 0 atom stereocenters. The van der Waals surface area contributed by atoms with Gasteiger partial charge in [-0.2, -0.15) is 13.2 Å². The lowest BCUT2D eigenvalue weighted by molar-refractivity contribution is -0.133. The van der Waals surface area contributed by atoms with Crippen LogP contribution in [0, 0.1) is 0 Å². The van der Waals surface area contributed by atoms with Crippen molar-refractivity contribution in [3.8, 4) is 0 Å². The van der Waals surface area contributed by atoms with Gasteiger partial charge in [0.1, 0.15) is 0 Å². The zero-order valence-electron chi connectivity index (χ0n) is 8.11. The first-order valence-corrected chi connectivity index (χ1v) is 4.97. The van der Waals surface area contributed by atoms with Crippen LogP contribution in [0.15, 0.2) is 11.6 Å². The first kappa shape index (κ1) is 11.6. The minimum Gasteiger partial charge on any atom is -0.328 e. The molecule has 0 aromatic carbocycles. The zero-order valence-corrected chi connectivity index (χ0v) is 8.11. The van der Waals surface area contributed by atoms with Gasteiger partial charge in [-0.05, 0) is 32.1 Å². The molecule has 1 aliphatic rings. The van der Waals surface area contributed by atoms with Crippen LogP contribution in [0.4, 0.5) is 13.2 Å². The standard InChI is InChI=1S/C10H16F3N/c11-10(12,13)7-1-2-8-3-5-9(14)6-4-8/h2,9H,1,3-7,14H2. The van der Waals surface area contributed by atoms with Gasteiger partial charge in [0.05, 0.1) is 0 Å². The maximum absolute atomic E-state index is 11.8. The molecule has 0 spiro atoms. The Labute approximate surface area is 82.2 Å². The Balaban J connectivity index is 2.25. The van der Waals surface area contributed by atoms with E-state index >= 15 is 0 Å². The molecule has 1 fully saturated rings. The van der Waals surface area contributed by atoms with E-state index in [2.05, 4.69) is 0 Å². The van der Waals surface area contributed by atoms with E-state index < -0.39 is 12.6 Å². The molecular formula is C10H16F3N. The third kappa shape index (κ3) is 4.65. The van der Waals surface area contributed by atoms with Crippen LogP contribution in [0.2, 0.25) is 0 Å². The maximum Gasteiger partial charge on any atom is 0.389 e. The SMILES string of the molecule is NC1CCC(=CCCC(F)(F)F)CC1. The fourth-order valence-electron chi connectivity index (χ4n) is 1.65. The molecule has 82 valence electrons. The van der Waals surface area contributed by atoms with Crippen molar-refractivity contribution in [2.24, 2.45) is 5.73 Å². The summed E-state index contributed by atoms with van der Waals surface area (Å²) >= 11 is 0. The minimum atomic E-state index is -4.03. The Morgan fingerprint density at radius 3 is 2.36 bits per heavy atom. The highest BCUT2D eigenvalue weighted by Gasteiger charge is 2.25. The highest BCUT2D eigenvalue weighted by molar-refractivity contribution is 5.06. The van der Waals surface area contributed by atoms with Crippen LogP contribution in [0.1, 0.15) is 38.5 Å². The number of hydrogen-bond donors (Lipinski definition) is 1. The Kier molecular flexibility index (Phi) is 3.98. The zero-order chi connectivity index (χ0) is 10.6. The molecule has 1 saturated carbocycles. The van der Waals surface area contributed by atoms with Crippen molar-refractivity contribution in [1.29, 1.82) is 0 Å². The molecule has 1 aliphatic carbocycles. The average molecular weight is 207 g/mol. The van der Waals surface area contributed by atoms with Crippen molar-refractivity contribution in [3.63, 3.8) is 0 Å². The maximum atomic E-state index is 11.8. The smallest absolute Gasteiger partial charge is 0.328 e. The van der Waals surface area contributed by atoms with Crippen LogP contribution in [0.5, 0.6) is 0 Å². The number of hydrogen-bond acceptors (Lipinski definition) is 1. The lowest BCUT2D eigenvalue weighted by Gasteiger charge is -2.20. The largest absolute Gasteiger partial charge is 0.389 e. The van der Waals surface area contributed by atoms with E-state index in [-0.39, 0.29) is 12.5 Å². The third-order valence-corrected chi connectivity index (χ3v) is 2.53. The molecule has 0 radical (unpaired) electrons. The number of allylic oxidation sites excluding steroid dienone is 2. The van der Waals surface area contributed by atoms with Crippen molar-refractivity contribution in [3.05, 3.63) is 11.6 Å². The second-order valence-electron chi connectivity index (χ2n) is 3.85. The predicted octanol–water partition coefficient (Wildman–Crippen LogP) is 3.16. The molecular weight excluding hydrogens is 191 g/mol. The number of alkyl halides is 3. The van der Waals surface area contributed by atoms with Crippen LogP contribution in [-0.4, -0.2) is 12.2 Å². The van der Waals surface area contributed by atoms with Gasteiger partial charge in [-0.3, -0.25) is 0 Å². The van der Waals surface area contributed by atoms with Gasteiger partial charge in [-0.25, -0.2) is 0 Å². The van der Waals surface area contributed by atoms with E-state index in [1.807, 2.05) is 0 Å². The van der Waals surface area contributed by atoms with Crippen molar-refractivity contribution in [1.82, 2.24) is 0 Å². The van der Waals surface area contributed by atoms with Gasteiger partial charge in [0.15, 0.2) is 0 Å². The van der Waals surface area contributed by atoms with Crippen molar-refractivity contribution in [2.75, 3.05) is 0 Å². The van der Waals surface area contributed by atoms with Gasteiger partial charge in [0, 0.05) is 12.5 Å². The summed E-state index contributed by atoms with van der Waals surface area (Å²) in [7, 11) is 0. The summed E-state index contributed by atoms with van der Waals surface area (Å²) in [6.45, 7) is 0. The van der Waals surface area contributed by atoms with E-state index in [9.17, 15) is 13.2 Å². The van der Waals surface area contributed by atoms with E-state index in [4.69, 9.17) is 5.73 Å². The van der Waals surface area contributed by atoms with E-state index in [1.165, 1.54) is 0 Å². The Bertz CT molecular complexity index is 198. The Morgan fingerprint density at radius 1 is 1.29 bits per heavy atom. The predicted molar refractivity (Wildman–Crippen MR) is 49.8 cm³/mol. The summed E-state index contributed by atoms with van der Waals surface area (Å²) in [4.78, 5) is 0. The summed E-state index contributed by atoms with van der Waals surface area (Å²) in [6, 6.07) is 0.245. The normalized spacial score (nSPS) is 23.7. The summed E-state index contributed by atoms with van der Waals surface area (Å²) in [6.07, 6.45) is 0.700. The van der Waals surface area contributed by atoms with E-state index in [0.29, 0.717) is 0 Å². The van der Waals surface area contributed by atoms with Crippen LogP contribution < -0.4 is 5.73 Å². The van der Waals surface area contributed by atoms with Crippen LogP contribution in [-0.2, 0) is 0 Å². The first-order valence-electron chi connectivity index (χ1n) is 4.97. The summed E-state index contributed by atoms with van der Waals surface area (Å²) in [5.41, 5.74) is 6.84. The highest BCUT2D eigenvalue weighted by Crippen LogP contribution is 2.26. The monoisotopic (exact) mass is 207 g/mol. The number of nitrogens with two attached hydrogens (primary N) is 1. The van der Waals surface area contributed by atoms with Crippen molar-refractivity contribution >= 4 is 0 Å². The fraction of sp³-hybridized carbons (Fsp3) is 0.800. The topological polar surface area (TPSA) is 26.0 Å². The van der Waals surface area contributed by atoms with Gasteiger partial charge in [0.2, 0.25) is 0 Å². The summed E-state index contributed by atoms with van der Waals surface area (Å²) in [5.74, 6) is 0. The fourth-order valence-corrected chi connectivity index (χ4v) is 1.65. The second kappa shape index (κ2) is 4.82. The van der Waals surface area contributed by atoms with E-state index in [0.717, 1.165) is 31.3 Å². The van der Waals surface area contributed by atoms with Crippen LogP contribution in [0.3, 0.4) is 0 Å². The van der Waals surface area contributed by atoms with Crippen LogP contribution >= 0.6 is 0 Å². The second-order valence-corrected chi connectivity index (χ2v) is 3.85. The quantitative estimate of drug-likeness (QED) is 0.691. The lowest BCUT2D eigenvalue weighted by atomic mass is 9.91. The van der Waals surface area contributed by atoms with Crippen LogP contribution in [0.25, 0.3) is 0 Å². The molecule has 14 heavy (non-hydrogen) atoms. The molecule has 0 heterocycles. The molecule has 0 aromatic rings. The highest BCUT2D eigenvalue weighted by atomic mass is 19.4. The Morgan fingerprint density at radius 2 is 1.86 bits per heavy atom. The summed E-state index contributed by atoms with van der Waals surface area (Å²) < 4.78 is 35.5. The summed E-state index contributed by atoms with van der Waals surface area (Å²) in [5, 5.41) is 0. The molecule has 0 unspecified atom stereocenters. The molecule has 0 aliphatic heterocycles. The molecule has 1 rings (SSSR count). The lowest BCUT2D eigenvalue weighted by Crippen LogP contribution is -2.23. The molecule has 0 bridgehead atoms. The van der Waals surface area contributed by atoms with Gasteiger partial charge >= 0.3 is 6.18 Å². The van der Waals surface area contributed by atoms with Gasteiger partial charge in [0.25, 0.3) is 0 Å². The van der Waals surface area contributed by atoms with E-state index in [1.54, 1.807) is 6.08 Å². The molecule has 2 N–H and O–H groups in total. The molecule has 4 heteroatoms. The van der Waals surface area contributed by atoms with Crippen molar-refractivity contribution in [2.45, 2.75) is 50.7 Å². The number of halogens is 3. The van der Waals surface area contributed by atoms with Crippen molar-refractivity contribution < 1.29 is 13.2 Å². The average Bonchev–Trinajstić information content (AvgIpc) is 2.06. The van der Waals surface area contributed by atoms with Gasteiger partial charge in [-0.15, -0.1) is 0 Å². The Hall–Kier alpha value is -0.510. The molecule has 1 nitrogen and oxygen atoms in total. The minimum absolute atomic E-state index is 0.119.